The van der Waals surface area contributed by atoms with Gasteiger partial charge in [0.25, 0.3) is 0 Å². The van der Waals surface area contributed by atoms with Crippen molar-refractivity contribution in [1.82, 2.24) is 5.32 Å². The van der Waals surface area contributed by atoms with Gasteiger partial charge in [0.1, 0.15) is 0 Å². The molecule has 2 rings (SSSR count). The highest BCUT2D eigenvalue weighted by atomic mass is 16.1. The molecule has 3 nitrogen and oxygen atoms in total. The Balaban J connectivity index is 1.73. The summed E-state index contributed by atoms with van der Waals surface area (Å²) in [6.07, 6.45) is 4.26. The number of anilines is 1. The summed E-state index contributed by atoms with van der Waals surface area (Å²) in [6.45, 7) is 3.12. The molecule has 0 aromatic heterocycles. The Kier molecular flexibility index (Phi) is 4.24. The van der Waals surface area contributed by atoms with Gasteiger partial charge in [-0.1, -0.05) is 25.5 Å². The highest BCUT2D eigenvalue weighted by Gasteiger charge is 2.21. The van der Waals surface area contributed by atoms with Crippen LogP contribution in [0, 0.1) is 11.8 Å². The summed E-state index contributed by atoms with van der Waals surface area (Å²) in [5.41, 5.74) is 7.36. The van der Waals surface area contributed by atoms with Gasteiger partial charge in [-0.2, -0.15) is 0 Å². The lowest BCUT2D eigenvalue weighted by atomic mass is 10.1. The van der Waals surface area contributed by atoms with Crippen molar-refractivity contribution in [2.75, 3.05) is 12.3 Å². The average molecular weight is 246 g/mol. The third-order valence-corrected chi connectivity index (χ3v) is 3.74. The summed E-state index contributed by atoms with van der Waals surface area (Å²) in [4.78, 5) is 11.8. The number of nitrogen functional groups attached to an aromatic ring is 1. The van der Waals surface area contributed by atoms with Crippen molar-refractivity contribution in [2.24, 2.45) is 11.8 Å². The number of nitrogens with two attached hydrogens (primary N) is 1. The van der Waals surface area contributed by atoms with Crippen LogP contribution in [0.3, 0.4) is 0 Å². The highest BCUT2D eigenvalue weighted by Crippen LogP contribution is 2.29. The van der Waals surface area contributed by atoms with Gasteiger partial charge < -0.3 is 11.1 Å². The molecule has 1 aliphatic rings. The molecule has 1 fully saturated rings. The van der Waals surface area contributed by atoms with Gasteiger partial charge in [-0.15, -0.1) is 0 Å². The molecule has 0 bridgehead atoms. The molecule has 3 heteroatoms. The van der Waals surface area contributed by atoms with Crippen molar-refractivity contribution in [3.8, 4) is 0 Å². The van der Waals surface area contributed by atoms with E-state index in [1.54, 1.807) is 0 Å². The first-order valence-corrected chi connectivity index (χ1v) is 6.74. The summed E-state index contributed by atoms with van der Waals surface area (Å²) < 4.78 is 0. The molecule has 1 aliphatic carbocycles. The van der Waals surface area contributed by atoms with Crippen LogP contribution in [0.2, 0.25) is 0 Å². The van der Waals surface area contributed by atoms with Crippen LogP contribution < -0.4 is 11.1 Å². The number of rotatable bonds is 4. The number of hydrogen-bond acceptors (Lipinski definition) is 2. The first kappa shape index (κ1) is 12.9. The molecular formula is C15H22N2O. The summed E-state index contributed by atoms with van der Waals surface area (Å²) in [5, 5.41) is 3.04. The van der Waals surface area contributed by atoms with E-state index in [4.69, 9.17) is 5.73 Å². The minimum Gasteiger partial charge on any atom is -0.399 e. The standard InChI is InChI=1S/C15H22N2O/c1-11-2-3-13(8-11)10-17-15(18)9-12-4-6-14(16)7-5-12/h4-7,11,13H,2-3,8-10,16H2,1H3,(H,17,18). The van der Waals surface area contributed by atoms with E-state index >= 15 is 0 Å². The zero-order valence-electron chi connectivity index (χ0n) is 11.0. The van der Waals surface area contributed by atoms with Gasteiger partial charge in [0.2, 0.25) is 5.91 Å². The van der Waals surface area contributed by atoms with Crippen LogP contribution in [0.4, 0.5) is 5.69 Å². The van der Waals surface area contributed by atoms with Crippen LogP contribution in [0.15, 0.2) is 24.3 Å². The van der Waals surface area contributed by atoms with E-state index in [0.29, 0.717) is 12.3 Å². The minimum atomic E-state index is 0.110. The van der Waals surface area contributed by atoms with E-state index in [1.165, 1.54) is 19.3 Å². The molecular weight excluding hydrogens is 224 g/mol. The third-order valence-electron chi connectivity index (χ3n) is 3.74. The monoisotopic (exact) mass is 246 g/mol. The van der Waals surface area contributed by atoms with Crippen molar-refractivity contribution >= 4 is 11.6 Å². The van der Waals surface area contributed by atoms with Crippen molar-refractivity contribution in [1.29, 1.82) is 0 Å². The number of amides is 1. The van der Waals surface area contributed by atoms with Crippen molar-refractivity contribution in [3.05, 3.63) is 29.8 Å². The summed E-state index contributed by atoms with van der Waals surface area (Å²) in [6, 6.07) is 7.49. The molecule has 1 saturated carbocycles. The van der Waals surface area contributed by atoms with Crippen molar-refractivity contribution < 1.29 is 4.79 Å². The predicted octanol–water partition coefficient (Wildman–Crippen LogP) is 2.36. The second-order valence-electron chi connectivity index (χ2n) is 5.51. The molecule has 0 aliphatic heterocycles. The number of carbonyl (C=O) groups excluding carboxylic acids is 1. The maximum absolute atomic E-state index is 11.8. The second-order valence-corrected chi connectivity index (χ2v) is 5.51. The summed E-state index contributed by atoms with van der Waals surface area (Å²) in [5.74, 6) is 1.61. The van der Waals surface area contributed by atoms with Crippen LogP contribution >= 0.6 is 0 Å². The Bertz CT molecular complexity index is 399. The van der Waals surface area contributed by atoms with Crippen molar-refractivity contribution in [2.45, 2.75) is 32.6 Å². The van der Waals surface area contributed by atoms with Gasteiger partial charge in [-0.3, -0.25) is 4.79 Å². The Morgan fingerprint density at radius 1 is 1.33 bits per heavy atom. The first-order chi connectivity index (χ1) is 8.63. The largest absolute Gasteiger partial charge is 0.399 e. The second kappa shape index (κ2) is 5.89. The molecule has 2 unspecified atom stereocenters. The lowest BCUT2D eigenvalue weighted by molar-refractivity contribution is -0.120. The summed E-state index contributed by atoms with van der Waals surface area (Å²) in [7, 11) is 0. The van der Waals surface area contributed by atoms with Crippen LogP contribution in [-0.2, 0) is 11.2 Å². The fourth-order valence-corrected chi connectivity index (χ4v) is 2.65. The number of carbonyl (C=O) groups is 1. The Labute approximate surface area is 109 Å². The topological polar surface area (TPSA) is 55.1 Å². The smallest absolute Gasteiger partial charge is 0.224 e. The molecule has 0 heterocycles. The zero-order chi connectivity index (χ0) is 13.0. The van der Waals surface area contributed by atoms with Gasteiger partial charge in [-0.25, -0.2) is 0 Å². The minimum absolute atomic E-state index is 0.110. The van der Waals surface area contributed by atoms with E-state index in [9.17, 15) is 4.79 Å². The number of hydrogen-bond donors (Lipinski definition) is 2. The maximum atomic E-state index is 11.8. The molecule has 1 aromatic carbocycles. The van der Waals surface area contributed by atoms with E-state index in [0.717, 1.165) is 23.7 Å². The molecule has 3 N–H and O–H groups in total. The molecule has 0 radical (unpaired) electrons. The van der Waals surface area contributed by atoms with Gasteiger partial charge >= 0.3 is 0 Å². The summed E-state index contributed by atoms with van der Waals surface area (Å²) >= 11 is 0. The van der Waals surface area contributed by atoms with E-state index < -0.39 is 0 Å². The molecule has 0 saturated heterocycles. The average Bonchev–Trinajstić information content (AvgIpc) is 2.76. The Morgan fingerprint density at radius 2 is 2.06 bits per heavy atom. The SMILES string of the molecule is CC1CCC(CNC(=O)Cc2ccc(N)cc2)C1. The van der Waals surface area contributed by atoms with E-state index in [1.807, 2.05) is 24.3 Å². The number of nitrogens with one attached hydrogen (secondary N) is 1. The Morgan fingerprint density at radius 3 is 2.67 bits per heavy atom. The van der Waals surface area contributed by atoms with Crippen LogP contribution in [0.5, 0.6) is 0 Å². The maximum Gasteiger partial charge on any atom is 0.224 e. The van der Waals surface area contributed by atoms with Crippen LogP contribution in [-0.4, -0.2) is 12.5 Å². The van der Waals surface area contributed by atoms with Crippen molar-refractivity contribution in [3.63, 3.8) is 0 Å². The molecule has 0 spiro atoms. The van der Waals surface area contributed by atoms with Gasteiger partial charge in [0.05, 0.1) is 6.42 Å². The highest BCUT2D eigenvalue weighted by molar-refractivity contribution is 5.78. The molecule has 98 valence electrons. The molecule has 1 amide bonds. The fraction of sp³-hybridized carbons (Fsp3) is 0.533. The first-order valence-electron chi connectivity index (χ1n) is 6.74. The molecule has 1 aromatic rings. The number of benzene rings is 1. The molecule has 2 atom stereocenters. The lowest BCUT2D eigenvalue weighted by Crippen LogP contribution is -2.29. The fourth-order valence-electron chi connectivity index (χ4n) is 2.65. The lowest BCUT2D eigenvalue weighted by Gasteiger charge is -2.11. The zero-order valence-corrected chi connectivity index (χ0v) is 11.0. The third kappa shape index (κ3) is 3.76. The van der Waals surface area contributed by atoms with E-state index in [-0.39, 0.29) is 5.91 Å². The molecule has 18 heavy (non-hydrogen) atoms. The van der Waals surface area contributed by atoms with Crippen LogP contribution in [0.25, 0.3) is 0 Å². The predicted molar refractivity (Wildman–Crippen MR) is 74.1 cm³/mol. The van der Waals surface area contributed by atoms with Gasteiger partial charge in [0.15, 0.2) is 0 Å². The van der Waals surface area contributed by atoms with Crippen LogP contribution in [0.1, 0.15) is 31.7 Å². The van der Waals surface area contributed by atoms with Gasteiger partial charge in [-0.05, 0) is 42.4 Å². The van der Waals surface area contributed by atoms with E-state index in [2.05, 4.69) is 12.2 Å². The Hall–Kier alpha value is -1.51. The normalized spacial score (nSPS) is 22.9. The van der Waals surface area contributed by atoms with Gasteiger partial charge in [0, 0.05) is 12.2 Å². The quantitative estimate of drug-likeness (QED) is 0.801.